The van der Waals surface area contributed by atoms with Crippen molar-refractivity contribution in [3.8, 4) is 5.75 Å². The molecule has 0 saturated carbocycles. The van der Waals surface area contributed by atoms with Crippen molar-refractivity contribution in [3.63, 3.8) is 0 Å². The van der Waals surface area contributed by atoms with Crippen LogP contribution in [0.15, 0.2) is 24.3 Å². The smallest absolute Gasteiger partial charge is 0.790 e. The Hall–Kier alpha value is 0.600. The maximum atomic E-state index is 11.2. The quantitative estimate of drug-likeness (QED) is 0.322. The number of rotatable bonds is 3. The molecule has 0 unspecified atom stereocenters. The molecule has 0 fully saturated rings. The molecule has 0 atom stereocenters. The molecule has 0 aliphatic rings. The maximum Gasteiger partial charge on any atom is 1.00 e. The van der Waals surface area contributed by atoms with Crippen molar-refractivity contribution in [1.82, 2.24) is 0 Å². The Kier molecular flexibility index (Phi) is 17.0. The van der Waals surface area contributed by atoms with Crippen LogP contribution in [-0.4, -0.2) is 22.6 Å². The summed E-state index contributed by atoms with van der Waals surface area (Å²) < 4.78 is 13.6. The number of phosphoric acid groups is 1. The summed E-state index contributed by atoms with van der Waals surface area (Å²) in [6.07, 6.45) is 0.809. The summed E-state index contributed by atoms with van der Waals surface area (Å²) in [4.78, 5) is 35.5. The summed E-state index contributed by atoms with van der Waals surface area (Å²) in [5.41, 5.74) is 0.464. The molecule has 1 rings (SSSR count). The molecule has 1 aromatic rings. The standard InChI is InChI=1S/C10H12O3.2Na.H3O4P/c1-2-7-13-10(12)8-3-5-9(11)6-4-8;;;1-5(2,3)4/h3-6,11H,2,7H2,1H3;;;(H3,1,2,3,4)/q;2*+1;/p-2. The predicted molar refractivity (Wildman–Crippen MR) is 58.5 cm³/mol. The second-order valence-corrected chi connectivity index (χ2v) is 4.09. The molecule has 0 radical (unpaired) electrons. The van der Waals surface area contributed by atoms with E-state index in [0.29, 0.717) is 12.2 Å². The molecular weight excluding hydrogens is 309 g/mol. The first-order chi connectivity index (χ1) is 8.24. The molecule has 0 aromatic heterocycles. The first kappa shape index (κ1) is 25.5. The van der Waals surface area contributed by atoms with E-state index in [-0.39, 0.29) is 70.8 Å². The van der Waals surface area contributed by atoms with Crippen molar-refractivity contribution in [3.05, 3.63) is 29.8 Å². The van der Waals surface area contributed by atoms with Crippen LogP contribution < -0.4 is 68.9 Å². The number of benzene rings is 1. The summed E-state index contributed by atoms with van der Waals surface area (Å²) in [5.74, 6) is -0.200. The monoisotopic (exact) mass is 322 g/mol. The zero-order valence-electron chi connectivity index (χ0n) is 11.6. The summed E-state index contributed by atoms with van der Waals surface area (Å²) in [6.45, 7) is 2.36. The van der Waals surface area contributed by atoms with Crippen LogP contribution in [0.3, 0.4) is 0 Å². The molecule has 0 amide bonds. The molecule has 0 bridgehead atoms. The molecular formula is C10H13Na2O7P. The molecule has 20 heavy (non-hydrogen) atoms. The van der Waals surface area contributed by atoms with Gasteiger partial charge in [-0.2, -0.15) is 0 Å². The molecule has 102 valence electrons. The van der Waals surface area contributed by atoms with Gasteiger partial charge in [0, 0.05) is 0 Å². The van der Waals surface area contributed by atoms with Crippen LogP contribution in [0.25, 0.3) is 0 Å². The largest absolute Gasteiger partial charge is 1.00 e. The van der Waals surface area contributed by atoms with Gasteiger partial charge in [0.15, 0.2) is 0 Å². The second-order valence-electron chi connectivity index (χ2n) is 3.15. The minimum absolute atomic E-state index is 0. The topological polar surface area (TPSA) is 130 Å². The first-order valence-corrected chi connectivity index (χ1v) is 6.44. The van der Waals surface area contributed by atoms with Crippen LogP contribution >= 0.6 is 7.82 Å². The molecule has 7 nitrogen and oxygen atoms in total. The fourth-order valence-electron chi connectivity index (χ4n) is 0.876. The van der Waals surface area contributed by atoms with Gasteiger partial charge < -0.3 is 29.1 Å². The second kappa shape index (κ2) is 13.3. The summed E-state index contributed by atoms with van der Waals surface area (Å²) in [5, 5.41) is 8.96. The van der Waals surface area contributed by atoms with Crippen molar-refractivity contribution >= 4 is 13.8 Å². The molecule has 1 aromatic carbocycles. The number of carbonyl (C=O) groups is 1. The zero-order chi connectivity index (χ0) is 14.2. The minimum Gasteiger partial charge on any atom is -0.790 e. The molecule has 2 N–H and O–H groups in total. The van der Waals surface area contributed by atoms with Crippen molar-refractivity contribution in [2.75, 3.05) is 6.61 Å². The van der Waals surface area contributed by atoms with E-state index in [0.717, 1.165) is 6.42 Å². The van der Waals surface area contributed by atoms with E-state index in [1.165, 1.54) is 24.3 Å². The van der Waals surface area contributed by atoms with E-state index in [9.17, 15) is 4.79 Å². The van der Waals surface area contributed by atoms with Crippen LogP contribution in [0.4, 0.5) is 0 Å². The Morgan fingerprint density at radius 2 is 1.65 bits per heavy atom. The molecule has 0 aliphatic carbocycles. The van der Waals surface area contributed by atoms with Crippen LogP contribution in [0, 0.1) is 0 Å². The molecule has 10 heteroatoms. The SMILES string of the molecule is CCCOC(=O)c1ccc(O)cc1.O=P([O-])([O-])O.[Na+].[Na+]. The van der Waals surface area contributed by atoms with Gasteiger partial charge in [0.1, 0.15) is 5.75 Å². The predicted octanol–water partition coefficient (Wildman–Crippen LogP) is -6.23. The van der Waals surface area contributed by atoms with Gasteiger partial charge in [0.05, 0.1) is 20.0 Å². The van der Waals surface area contributed by atoms with Crippen LogP contribution in [0.1, 0.15) is 23.7 Å². The average Bonchev–Trinajstić information content (AvgIpc) is 2.24. The summed E-state index contributed by atoms with van der Waals surface area (Å²) in [7, 11) is -5.14. The van der Waals surface area contributed by atoms with Gasteiger partial charge in [-0.1, -0.05) is 6.92 Å². The Balaban J connectivity index is -0.000000361. The number of ether oxygens (including phenoxy) is 1. The van der Waals surface area contributed by atoms with Gasteiger partial charge in [-0.15, -0.1) is 0 Å². The van der Waals surface area contributed by atoms with Gasteiger partial charge in [0.2, 0.25) is 0 Å². The Morgan fingerprint density at radius 1 is 1.25 bits per heavy atom. The number of hydrogen-bond acceptors (Lipinski definition) is 6. The molecule has 0 saturated heterocycles. The number of phenolic OH excluding ortho intramolecular Hbond substituents is 1. The van der Waals surface area contributed by atoms with Gasteiger partial charge in [-0.3, -0.25) is 0 Å². The van der Waals surface area contributed by atoms with Gasteiger partial charge in [0.25, 0.3) is 0 Å². The summed E-state index contributed by atoms with van der Waals surface area (Å²) >= 11 is 0. The first-order valence-electron chi connectivity index (χ1n) is 4.95. The number of carbonyl (C=O) groups excluding carboxylic acids is 1. The van der Waals surface area contributed by atoms with E-state index in [1.807, 2.05) is 6.92 Å². The zero-order valence-corrected chi connectivity index (χ0v) is 16.5. The minimum atomic E-state index is -5.14. The third-order valence-corrected chi connectivity index (χ3v) is 1.54. The maximum absolute atomic E-state index is 11.2. The molecule has 0 aliphatic heterocycles. The van der Waals surface area contributed by atoms with Gasteiger partial charge in [-0.25, -0.2) is 4.79 Å². The Bertz CT molecular complexity index is 410. The van der Waals surface area contributed by atoms with Crippen LogP contribution in [-0.2, 0) is 9.30 Å². The Morgan fingerprint density at radius 3 is 2.00 bits per heavy atom. The molecule has 0 spiro atoms. The third-order valence-electron chi connectivity index (χ3n) is 1.54. The fraction of sp³-hybridized carbons (Fsp3) is 0.300. The van der Waals surface area contributed by atoms with E-state index >= 15 is 0 Å². The van der Waals surface area contributed by atoms with Gasteiger partial charge in [-0.05, 0) is 30.7 Å². The Labute approximate surface area is 161 Å². The normalized spacial score (nSPS) is 9.20. The third kappa shape index (κ3) is 16.7. The van der Waals surface area contributed by atoms with Crippen LogP contribution in [0.2, 0.25) is 0 Å². The average molecular weight is 322 g/mol. The summed E-state index contributed by atoms with van der Waals surface area (Å²) in [6, 6.07) is 5.99. The van der Waals surface area contributed by atoms with E-state index in [2.05, 4.69) is 0 Å². The van der Waals surface area contributed by atoms with Gasteiger partial charge >= 0.3 is 65.1 Å². The van der Waals surface area contributed by atoms with Crippen molar-refractivity contribution in [2.45, 2.75) is 13.3 Å². The fourth-order valence-corrected chi connectivity index (χ4v) is 0.876. The van der Waals surface area contributed by atoms with Crippen LogP contribution in [0.5, 0.6) is 5.75 Å². The van der Waals surface area contributed by atoms with E-state index in [4.69, 9.17) is 29.1 Å². The van der Waals surface area contributed by atoms with E-state index in [1.54, 1.807) is 0 Å². The van der Waals surface area contributed by atoms with Crippen molar-refractivity contribution in [2.24, 2.45) is 0 Å². The molecule has 0 heterocycles. The number of hydrogen-bond donors (Lipinski definition) is 2. The van der Waals surface area contributed by atoms with E-state index < -0.39 is 7.82 Å². The van der Waals surface area contributed by atoms with Crippen molar-refractivity contribution in [1.29, 1.82) is 0 Å². The van der Waals surface area contributed by atoms with Crippen molar-refractivity contribution < 1.29 is 93.0 Å². The number of aromatic hydroxyl groups is 1. The number of esters is 1. The number of phenols is 1.